The van der Waals surface area contributed by atoms with Crippen molar-refractivity contribution in [1.29, 1.82) is 0 Å². The van der Waals surface area contributed by atoms with Crippen LogP contribution in [0.15, 0.2) is 24.3 Å². The van der Waals surface area contributed by atoms with Gasteiger partial charge in [-0.3, -0.25) is 14.9 Å². The molecule has 116 valence electrons. The quantitative estimate of drug-likeness (QED) is 0.789. The van der Waals surface area contributed by atoms with Gasteiger partial charge in [0.15, 0.2) is 0 Å². The van der Waals surface area contributed by atoms with E-state index >= 15 is 0 Å². The summed E-state index contributed by atoms with van der Waals surface area (Å²) >= 11 is 0. The molecule has 0 aliphatic rings. The second-order valence-electron chi connectivity index (χ2n) is 4.70. The summed E-state index contributed by atoms with van der Waals surface area (Å²) in [6.07, 6.45) is 0. The monoisotopic (exact) mass is 293 g/mol. The first-order valence-corrected chi connectivity index (χ1v) is 6.90. The Kier molecular flexibility index (Phi) is 6.68. The molecule has 0 heterocycles. The molecule has 1 unspecified atom stereocenters. The molecule has 6 nitrogen and oxygen atoms in total. The summed E-state index contributed by atoms with van der Waals surface area (Å²) in [4.78, 5) is 25.4. The Morgan fingerprint density at radius 3 is 2.62 bits per heavy atom. The summed E-state index contributed by atoms with van der Waals surface area (Å²) < 4.78 is 5.16. The third kappa shape index (κ3) is 5.07. The van der Waals surface area contributed by atoms with Gasteiger partial charge in [0.1, 0.15) is 5.75 Å². The number of hydrogen-bond acceptors (Lipinski definition) is 4. The minimum Gasteiger partial charge on any atom is -0.495 e. The van der Waals surface area contributed by atoms with E-state index in [9.17, 15) is 9.59 Å². The number of nitrogens with one attached hydrogen (secondary N) is 2. The van der Waals surface area contributed by atoms with Gasteiger partial charge in [-0.1, -0.05) is 12.1 Å². The largest absolute Gasteiger partial charge is 0.495 e. The van der Waals surface area contributed by atoms with Crippen LogP contribution in [-0.2, 0) is 9.59 Å². The average molecular weight is 293 g/mol. The summed E-state index contributed by atoms with van der Waals surface area (Å²) in [6.45, 7) is 4.34. The number of nitrogens with zero attached hydrogens (tertiary/aromatic N) is 1. The van der Waals surface area contributed by atoms with Crippen LogP contribution in [0.2, 0.25) is 0 Å². The molecular weight excluding hydrogens is 270 g/mol. The third-order valence-corrected chi connectivity index (χ3v) is 3.17. The molecule has 1 rings (SSSR count). The third-order valence-electron chi connectivity index (χ3n) is 3.17. The number of likely N-dealkylation sites (N-methyl/N-ethyl adjacent to an activating group) is 1. The maximum atomic E-state index is 11.9. The van der Waals surface area contributed by atoms with Crippen LogP contribution < -0.4 is 15.4 Å². The molecule has 0 aromatic heterocycles. The van der Waals surface area contributed by atoms with Crippen LogP contribution in [0.25, 0.3) is 0 Å². The van der Waals surface area contributed by atoms with E-state index < -0.39 is 6.04 Å². The molecule has 0 spiro atoms. The zero-order valence-electron chi connectivity index (χ0n) is 13.0. The van der Waals surface area contributed by atoms with Gasteiger partial charge in [-0.2, -0.15) is 0 Å². The SMILES string of the molecule is CCN(C)C(=O)C(C)NCC(=O)Nc1ccccc1OC. The number of rotatable bonds is 7. The molecule has 0 aliphatic carbocycles. The normalized spacial score (nSPS) is 11.6. The Morgan fingerprint density at radius 2 is 2.00 bits per heavy atom. The van der Waals surface area contributed by atoms with Crippen molar-refractivity contribution < 1.29 is 14.3 Å². The van der Waals surface area contributed by atoms with Gasteiger partial charge in [-0.15, -0.1) is 0 Å². The number of ether oxygens (including phenoxy) is 1. The average Bonchev–Trinajstić information content (AvgIpc) is 2.51. The fourth-order valence-corrected chi connectivity index (χ4v) is 1.76. The van der Waals surface area contributed by atoms with Crippen LogP contribution in [0.4, 0.5) is 5.69 Å². The zero-order chi connectivity index (χ0) is 15.8. The predicted octanol–water partition coefficient (Wildman–Crippen LogP) is 1.09. The molecular formula is C15H23N3O3. The Hall–Kier alpha value is -2.08. The standard InChI is InChI=1S/C15H23N3O3/c1-5-18(3)15(20)11(2)16-10-14(19)17-12-8-6-7-9-13(12)21-4/h6-9,11,16H,5,10H2,1-4H3,(H,17,19). The molecule has 1 aromatic carbocycles. The highest BCUT2D eigenvalue weighted by Gasteiger charge is 2.17. The number of amides is 2. The van der Waals surface area contributed by atoms with Gasteiger partial charge in [0.05, 0.1) is 25.4 Å². The van der Waals surface area contributed by atoms with E-state index in [1.165, 1.54) is 0 Å². The summed E-state index contributed by atoms with van der Waals surface area (Å²) in [6, 6.07) is 6.77. The number of carbonyl (C=O) groups excluding carboxylic acids is 2. The Morgan fingerprint density at radius 1 is 1.33 bits per heavy atom. The maximum Gasteiger partial charge on any atom is 0.239 e. The highest BCUT2D eigenvalue weighted by molar-refractivity contribution is 5.94. The predicted molar refractivity (Wildman–Crippen MR) is 82.4 cm³/mol. The molecule has 0 radical (unpaired) electrons. The lowest BCUT2D eigenvalue weighted by Crippen LogP contribution is -2.45. The Labute approximate surface area is 125 Å². The zero-order valence-corrected chi connectivity index (χ0v) is 13.0. The molecule has 2 N–H and O–H groups in total. The molecule has 0 fully saturated rings. The van der Waals surface area contributed by atoms with Crippen molar-refractivity contribution in [2.75, 3.05) is 32.6 Å². The second kappa shape index (κ2) is 8.26. The fraction of sp³-hybridized carbons (Fsp3) is 0.467. The van der Waals surface area contributed by atoms with Crippen LogP contribution in [-0.4, -0.2) is 50.0 Å². The molecule has 6 heteroatoms. The van der Waals surface area contributed by atoms with E-state index in [0.29, 0.717) is 18.0 Å². The molecule has 0 saturated heterocycles. The van der Waals surface area contributed by atoms with Gasteiger partial charge in [0.25, 0.3) is 0 Å². The molecule has 0 saturated carbocycles. The second-order valence-corrected chi connectivity index (χ2v) is 4.70. The van der Waals surface area contributed by atoms with Crippen molar-refractivity contribution in [2.45, 2.75) is 19.9 Å². The highest BCUT2D eigenvalue weighted by Crippen LogP contribution is 2.22. The van der Waals surface area contributed by atoms with Crippen molar-refractivity contribution >= 4 is 17.5 Å². The van der Waals surface area contributed by atoms with Crippen LogP contribution in [0.1, 0.15) is 13.8 Å². The number of methoxy groups -OCH3 is 1. The lowest BCUT2D eigenvalue weighted by Gasteiger charge is -2.20. The molecule has 0 aliphatic heterocycles. The van der Waals surface area contributed by atoms with Crippen LogP contribution in [0.5, 0.6) is 5.75 Å². The van der Waals surface area contributed by atoms with Crippen LogP contribution >= 0.6 is 0 Å². The van der Waals surface area contributed by atoms with Gasteiger partial charge in [0, 0.05) is 13.6 Å². The van der Waals surface area contributed by atoms with E-state index in [0.717, 1.165) is 0 Å². The van der Waals surface area contributed by atoms with Crippen molar-refractivity contribution in [3.63, 3.8) is 0 Å². The number of carbonyl (C=O) groups is 2. The topological polar surface area (TPSA) is 70.7 Å². The van der Waals surface area contributed by atoms with Gasteiger partial charge in [-0.05, 0) is 26.0 Å². The molecule has 1 atom stereocenters. The first-order valence-electron chi connectivity index (χ1n) is 6.90. The van der Waals surface area contributed by atoms with E-state index in [1.54, 1.807) is 38.1 Å². The van der Waals surface area contributed by atoms with E-state index in [2.05, 4.69) is 10.6 Å². The van der Waals surface area contributed by atoms with Crippen molar-refractivity contribution in [1.82, 2.24) is 10.2 Å². The van der Waals surface area contributed by atoms with Crippen LogP contribution in [0, 0.1) is 0 Å². The highest BCUT2D eigenvalue weighted by atomic mass is 16.5. The first kappa shape index (κ1) is 17.0. The number of benzene rings is 1. The lowest BCUT2D eigenvalue weighted by molar-refractivity contribution is -0.131. The number of anilines is 1. The lowest BCUT2D eigenvalue weighted by atomic mass is 10.2. The van der Waals surface area contributed by atoms with E-state index in [4.69, 9.17) is 4.74 Å². The Balaban J connectivity index is 2.49. The summed E-state index contributed by atoms with van der Waals surface area (Å²) in [5, 5.41) is 5.66. The first-order chi connectivity index (χ1) is 9.99. The van der Waals surface area contributed by atoms with Gasteiger partial charge >= 0.3 is 0 Å². The van der Waals surface area contributed by atoms with Crippen LogP contribution in [0.3, 0.4) is 0 Å². The van der Waals surface area contributed by atoms with Crippen molar-refractivity contribution in [2.24, 2.45) is 0 Å². The van der Waals surface area contributed by atoms with Gasteiger partial charge in [0.2, 0.25) is 11.8 Å². The molecule has 21 heavy (non-hydrogen) atoms. The fourth-order valence-electron chi connectivity index (χ4n) is 1.76. The van der Waals surface area contributed by atoms with Gasteiger partial charge in [-0.25, -0.2) is 0 Å². The minimum atomic E-state index is -0.404. The van der Waals surface area contributed by atoms with Crippen molar-refractivity contribution in [3.05, 3.63) is 24.3 Å². The maximum absolute atomic E-state index is 11.9. The summed E-state index contributed by atoms with van der Waals surface area (Å²) in [5.41, 5.74) is 0.608. The summed E-state index contributed by atoms with van der Waals surface area (Å²) in [5.74, 6) is 0.335. The molecule has 2 amide bonds. The van der Waals surface area contributed by atoms with Gasteiger partial charge < -0.3 is 15.0 Å². The van der Waals surface area contributed by atoms with E-state index in [-0.39, 0.29) is 18.4 Å². The van der Waals surface area contributed by atoms with E-state index in [1.807, 2.05) is 19.1 Å². The Bertz CT molecular complexity index is 491. The molecule has 1 aromatic rings. The summed E-state index contributed by atoms with van der Waals surface area (Å²) in [7, 11) is 3.28. The van der Waals surface area contributed by atoms with Crippen molar-refractivity contribution in [3.8, 4) is 5.75 Å². The minimum absolute atomic E-state index is 0.0393. The smallest absolute Gasteiger partial charge is 0.239 e. The molecule has 0 bridgehead atoms. The number of hydrogen-bond donors (Lipinski definition) is 2. The number of para-hydroxylation sites is 2.